The first-order valence-electron chi connectivity index (χ1n) is 8.23. The van der Waals surface area contributed by atoms with Gasteiger partial charge in [0, 0.05) is 33.5 Å². The average molecular weight is 424 g/mol. The fraction of sp³-hybridized carbons (Fsp3) is 0.0500. The average Bonchev–Trinajstić information content (AvgIpc) is 2.69. The molecule has 0 aromatic heterocycles. The number of fused-ring (bicyclic) bond motifs is 1. The first-order chi connectivity index (χ1) is 13.0. The van der Waals surface area contributed by atoms with E-state index in [1.807, 2.05) is 42.5 Å². The Morgan fingerprint density at radius 1 is 1.00 bits per heavy atom. The Hall–Kier alpha value is -3.19. The van der Waals surface area contributed by atoms with Gasteiger partial charge < -0.3 is 5.32 Å². The molecule has 134 valence electrons. The molecule has 3 aromatic rings. The summed E-state index contributed by atoms with van der Waals surface area (Å²) in [6, 6.07) is 21.0. The van der Waals surface area contributed by atoms with E-state index in [9.17, 15) is 14.9 Å². The molecule has 1 aliphatic rings. The van der Waals surface area contributed by atoms with Crippen LogP contribution in [0.5, 0.6) is 0 Å². The molecule has 0 fully saturated rings. The lowest BCUT2D eigenvalue weighted by Gasteiger charge is -2.38. The third-order valence-corrected chi connectivity index (χ3v) is 4.96. The quantitative estimate of drug-likeness (QED) is 0.467. The molecule has 0 unspecified atom stereocenters. The van der Waals surface area contributed by atoms with E-state index in [-0.39, 0.29) is 11.6 Å². The number of carbonyl (C=O) groups is 1. The number of amides is 1. The summed E-state index contributed by atoms with van der Waals surface area (Å²) < 4.78 is 0.899. The fourth-order valence-corrected chi connectivity index (χ4v) is 3.43. The summed E-state index contributed by atoms with van der Waals surface area (Å²) >= 11 is 3.40. The summed E-state index contributed by atoms with van der Waals surface area (Å²) in [7, 11) is 0. The molecule has 1 heterocycles. The molecule has 1 aliphatic heterocycles. The van der Waals surface area contributed by atoms with Crippen LogP contribution < -0.4 is 10.2 Å². The number of hydrogen-bond donors (Lipinski definition) is 1. The number of non-ortho nitro benzene ring substituents is 1. The van der Waals surface area contributed by atoms with Crippen molar-refractivity contribution in [1.29, 1.82) is 0 Å². The molecule has 0 spiro atoms. The van der Waals surface area contributed by atoms with Crippen LogP contribution in [0.25, 0.3) is 0 Å². The third kappa shape index (κ3) is 3.17. The second-order valence-electron chi connectivity index (χ2n) is 6.10. The van der Waals surface area contributed by atoms with E-state index >= 15 is 0 Å². The van der Waals surface area contributed by atoms with Crippen LogP contribution in [0.15, 0.2) is 77.3 Å². The number of hydrogen-bond acceptors (Lipinski definition) is 4. The van der Waals surface area contributed by atoms with Gasteiger partial charge >= 0.3 is 0 Å². The van der Waals surface area contributed by atoms with Gasteiger partial charge in [0.25, 0.3) is 11.6 Å². The summed E-state index contributed by atoms with van der Waals surface area (Å²) in [4.78, 5) is 25.6. The number of rotatable bonds is 3. The Kier molecular flexibility index (Phi) is 4.37. The molecule has 1 N–H and O–H groups in total. The minimum absolute atomic E-state index is 0.0173. The van der Waals surface area contributed by atoms with E-state index in [4.69, 9.17) is 0 Å². The Balaban J connectivity index is 1.86. The van der Waals surface area contributed by atoms with Crippen molar-refractivity contribution >= 4 is 38.9 Å². The lowest BCUT2D eigenvalue weighted by Crippen LogP contribution is -2.43. The molecule has 1 amide bonds. The topological polar surface area (TPSA) is 75.5 Å². The van der Waals surface area contributed by atoms with E-state index in [1.54, 1.807) is 23.1 Å². The summed E-state index contributed by atoms with van der Waals surface area (Å²) in [5.41, 5.74) is 2.57. The number of carbonyl (C=O) groups excluding carboxylic acids is 1. The van der Waals surface area contributed by atoms with Crippen LogP contribution in [0.2, 0.25) is 0 Å². The van der Waals surface area contributed by atoms with Crippen molar-refractivity contribution in [2.75, 3.05) is 10.2 Å². The van der Waals surface area contributed by atoms with Crippen molar-refractivity contribution in [3.05, 3.63) is 98.5 Å². The van der Waals surface area contributed by atoms with E-state index in [0.29, 0.717) is 22.5 Å². The SMILES string of the molecule is O=C1c2ccccc2N[C@@H](c2cccc([N+](=O)[O-])c2)N1c1ccc(Br)cc1. The van der Waals surface area contributed by atoms with Gasteiger partial charge in [0.2, 0.25) is 0 Å². The van der Waals surface area contributed by atoms with Gasteiger partial charge in [-0.05, 0) is 36.4 Å². The normalized spacial score (nSPS) is 15.8. The number of benzene rings is 3. The van der Waals surface area contributed by atoms with E-state index in [2.05, 4.69) is 21.2 Å². The lowest BCUT2D eigenvalue weighted by atomic mass is 10.0. The van der Waals surface area contributed by atoms with Crippen LogP contribution in [0.1, 0.15) is 22.1 Å². The van der Waals surface area contributed by atoms with Gasteiger partial charge in [-0.3, -0.25) is 19.8 Å². The molecule has 27 heavy (non-hydrogen) atoms. The standard InChI is InChI=1S/C20H14BrN3O3/c21-14-8-10-15(11-9-14)23-19(13-4-3-5-16(12-13)24(26)27)22-18-7-2-1-6-17(18)20(23)25/h1-12,19,22H/t19-/m1/s1. The number of nitrogens with one attached hydrogen (secondary N) is 1. The van der Waals surface area contributed by atoms with Crippen LogP contribution in [-0.4, -0.2) is 10.8 Å². The highest BCUT2D eigenvalue weighted by Crippen LogP contribution is 2.37. The molecule has 0 saturated carbocycles. The second-order valence-corrected chi connectivity index (χ2v) is 7.01. The smallest absolute Gasteiger partial charge is 0.269 e. The Morgan fingerprint density at radius 2 is 1.74 bits per heavy atom. The molecular formula is C20H14BrN3O3. The largest absolute Gasteiger partial charge is 0.360 e. The zero-order valence-electron chi connectivity index (χ0n) is 14.0. The summed E-state index contributed by atoms with van der Waals surface area (Å²) in [6.45, 7) is 0. The van der Waals surface area contributed by atoms with Crippen molar-refractivity contribution in [3.8, 4) is 0 Å². The maximum atomic E-state index is 13.2. The lowest BCUT2D eigenvalue weighted by molar-refractivity contribution is -0.384. The second kappa shape index (κ2) is 6.85. The number of halogens is 1. The Morgan fingerprint density at radius 3 is 2.48 bits per heavy atom. The summed E-state index contributed by atoms with van der Waals surface area (Å²) in [6.07, 6.45) is -0.562. The van der Waals surface area contributed by atoms with Gasteiger partial charge in [0.1, 0.15) is 6.17 Å². The molecule has 0 saturated heterocycles. The molecule has 0 radical (unpaired) electrons. The van der Waals surface area contributed by atoms with Gasteiger partial charge in [-0.2, -0.15) is 0 Å². The van der Waals surface area contributed by atoms with Gasteiger partial charge in [0.15, 0.2) is 0 Å². The van der Waals surface area contributed by atoms with Crippen molar-refractivity contribution in [3.63, 3.8) is 0 Å². The first-order valence-corrected chi connectivity index (χ1v) is 9.03. The first kappa shape index (κ1) is 17.2. The van der Waals surface area contributed by atoms with Gasteiger partial charge in [-0.15, -0.1) is 0 Å². The molecule has 6 nitrogen and oxygen atoms in total. The van der Waals surface area contributed by atoms with Gasteiger partial charge in [-0.1, -0.05) is 40.2 Å². The minimum Gasteiger partial charge on any atom is -0.360 e. The van der Waals surface area contributed by atoms with E-state index in [1.165, 1.54) is 12.1 Å². The summed E-state index contributed by atoms with van der Waals surface area (Å²) in [5, 5.41) is 14.5. The van der Waals surface area contributed by atoms with Gasteiger partial charge in [-0.25, -0.2) is 0 Å². The van der Waals surface area contributed by atoms with Crippen molar-refractivity contribution < 1.29 is 9.72 Å². The van der Waals surface area contributed by atoms with E-state index < -0.39 is 11.1 Å². The highest BCUT2D eigenvalue weighted by molar-refractivity contribution is 9.10. The monoisotopic (exact) mass is 423 g/mol. The molecule has 4 rings (SSSR count). The maximum absolute atomic E-state index is 13.2. The van der Waals surface area contributed by atoms with E-state index in [0.717, 1.165) is 4.47 Å². The highest BCUT2D eigenvalue weighted by Gasteiger charge is 2.34. The van der Waals surface area contributed by atoms with Gasteiger partial charge in [0.05, 0.1) is 10.5 Å². The van der Waals surface area contributed by atoms with Crippen LogP contribution in [-0.2, 0) is 0 Å². The van der Waals surface area contributed by atoms with Crippen molar-refractivity contribution in [2.24, 2.45) is 0 Å². The zero-order chi connectivity index (χ0) is 19.0. The van der Waals surface area contributed by atoms with Crippen LogP contribution >= 0.6 is 15.9 Å². The fourth-order valence-electron chi connectivity index (χ4n) is 3.16. The molecule has 3 aromatic carbocycles. The zero-order valence-corrected chi connectivity index (χ0v) is 15.6. The number of nitrogens with zero attached hydrogens (tertiary/aromatic N) is 2. The van der Waals surface area contributed by atoms with Crippen LogP contribution in [0.3, 0.4) is 0 Å². The summed E-state index contributed by atoms with van der Waals surface area (Å²) in [5.74, 6) is -0.164. The third-order valence-electron chi connectivity index (χ3n) is 4.43. The van der Waals surface area contributed by atoms with Crippen LogP contribution in [0.4, 0.5) is 17.1 Å². The number of nitro groups is 1. The molecule has 0 aliphatic carbocycles. The Bertz CT molecular complexity index is 1040. The molecular weight excluding hydrogens is 410 g/mol. The highest BCUT2D eigenvalue weighted by atomic mass is 79.9. The predicted molar refractivity (Wildman–Crippen MR) is 107 cm³/mol. The minimum atomic E-state index is -0.562. The molecule has 7 heteroatoms. The Labute approximate surface area is 163 Å². The van der Waals surface area contributed by atoms with Crippen molar-refractivity contribution in [1.82, 2.24) is 0 Å². The molecule has 0 bridgehead atoms. The predicted octanol–water partition coefficient (Wildman–Crippen LogP) is 5.13. The number of nitro benzene ring substituents is 1. The maximum Gasteiger partial charge on any atom is 0.269 e. The number of para-hydroxylation sites is 1. The molecule has 1 atom stereocenters. The number of anilines is 2. The van der Waals surface area contributed by atoms with Crippen LogP contribution in [0, 0.1) is 10.1 Å². The van der Waals surface area contributed by atoms with Crippen molar-refractivity contribution in [2.45, 2.75) is 6.17 Å².